The number of carbonyl (C=O) groups excluding carboxylic acids is 1. The predicted octanol–water partition coefficient (Wildman–Crippen LogP) is 2.95. The standard InChI is InChI=1S/C13H18N2OS/c1-8-6-13(4,5)17-12-14-9(2)11(10(3)16)7-15(8)12/h6H,7H2,1-5H3. The van der Waals surface area contributed by atoms with Crippen molar-refractivity contribution >= 4 is 22.7 Å². The molecule has 17 heavy (non-hydrogen) atoms. The first-order chi connectivity index (χ1) is 7.80. The van der Waals surface area contributed by atoms with Crippen LogP contribution in [0, 0.1) is 0 Å². The average Bonchev–Trinajstić information content (AvgIpc) is 2.13. The third kappa shape index (κ3) is 2.32. The molecule has 0 radical (unpaired) electrons. The Kier molecular flexibility index (Phi) is 2.94. The highest BCUT2D eigenvalue weighted by Crippen LogP contribution is 2.38. The van der Waals surface area contributed by atoms with Crippen LogP contribution in [0.1, 0.15) is 34.6 Å². The van der Waals surface area contributed by atoms with E-state index in [1.165, 1.54) is 5.70 Å². The van der Waals surface area contributed by atoms with E-state index < -0.39 is 0 Å². The molecular weight excluding hydrogens is 232 g/mol. The number of hydrogen-bond donors (Lipinski definition) is 0. The Morgan fingerprint density at radius 1 is 1.47 bits per heavy atom. The summed E-state index contributed by atoms with van der Waals surface area (Å²) in [5, 5.41) is 1.01. The molecule has 2 aliphatic heterocycles. The Bertz CT molecular complexity index is 472. The lowest BCUT2D eigenvalue weighted by Gasteiger charge is -2.38. The number of ketones is 1. The van der Waals surface area contributed by atoms with Crippen LogP contribution in [-0.2, 0) is 4.79 Å². The van der Waals surface area contributed by atoms with Crippen molar-refractivity contribution in [2.24, 2.45) is 4.99 Å². The summed E-state index contributed by atoms with van der Waals surface area (Å²) in [6, 6.07) is 0. The van der Waals surface area contributed by atoms with Crippen molar-refractivity contribution in [2.45, 2.75) is 39.4 Å². The zero-order valence-corrected chi connectivity index (χ0v) is 11.8. The minimum absolute atomic E-state index is 0.0768. The Balaban J connectivity index is 2.43. The van der Waals surface area contributed by atoms with Gasteiger partial charge in [0.15, 0.2) is 11.0 Å². The molecule has 0 amide bonds. The number of carbonyl (C=O) groups is 1. The smallest absolute Gasteiger partial charge is 0.169 e. The zero-order valence-electron chi connectivity index (χ0n) is 11.0. The largest absolute Gasteiger partial charge is 0.321 e. The molecule has 0 aromatic carbocycles. The molecule has 0 saturated heterocycles. The summed E-state index contributed by atoms with van der Waals surface area (Å²) >= 11 is 1.75. The lowest BCUT2D eigenvalue weighted by atomic mass is 10.1. The number of nitrogens with zero attached hydrogens (tertiary/aromatic N) is 2. The van der Waals surface area contributed by atoms with Crippen molar-refractivity contribution in [2.75, 3.05) is 6.54 Å². The molecule has 0 fully saturated rings. The number of aliphatic imine (C=N–C) groups is 1. The SMILES string of the molecule is CC(=O)C1=C(C)N=C2SC(C)(C)C=C(C)N2C1. The molecule has 92 valence electrons. The molecule has 0 saturated carbocycles. The van der Waals surface area contributed by atoms with E-state index in [4.69, 9.17) is 0 Å². The number of Topliss-reactive ketones (excluding diaryl/α,β-unsaturated/α-hetero) is 1. The van der Waals surface area contributed by atoms with Crippen molar-refractivity contribution in [1.29, 1.82) is 0 Å². The predicted molar refractivity (Wildman–Crippen MR) is 72.9 cm³/mol. The molecule has 0 bridgehead atoms. The highest BCUT2D eigenvalue weighted by atomic mass is 32.2. The summed E-state index contributed by atoms with van der Waals surface area (Å²) in [5.74, 6) is 0.118. The molecule has 0 aromatic rings. The number of thioether (sulfide) groups is 1. The molecule has 2 aliphatic rings. The second-order valence-electron chi connectivity index (χ2n) is 5.09. The lowest BCUT2D eigenvalue weighted by Crippen LogP contribution is -2.40. The van der Waals surface area contributed by atoms with E-state index in [1.807, 2.05) is 6.92 Å². The van der Waals surface area contributed by atoms with Gasteiger partial charge in [-0.2, -0.15) is 0 Å². The van der Waals surface area contributed by atoms with E-state index in [-0.39, 0.29) is 10.5 Å². The van der Waals surface area contributed by atoms with Crippen LogP contribution in [0.15, 0.2) is 28.0 Å². The van der Waals surface area contributed by atoms with Crippen LogP contribution in [0.5, 0.6) is 0 Å². The van der Waals surface area contributed by atoms with Crippen molar-refractivity contribution in [1.82, 2.24) is 4.90 Å². The topological polar surface area (TPSA) is 32.7 Å². The van der Waals surface area contributed by atoms with Gasteiger partial charge in [-0.25, -0.2) is 4.99 Å². The van der Waals surface area contributed by atoms with E-state index >= 15 is 0 Å². The number of fused-ring (bicyclic) bond motifs is 1. The molecular formula is C13H18N2OS. The minimum Gasteiger partial charge on any atom is -0.321 e. The van der Waals surface area contributed by atoms with Crippen LogP contribution < -0.4 is 0 Å². The van der Waals surface area contributed by atoms with Crippen LogP contribution in [0.3, 0.4) is 0 Å². The molecule has 3 nitrogen and oxygen atoms in total. The van der Waals surface area contributed by atoms with Gasteiger partial charge in [-0.3, -0.25) is 4.79 Å². The highest BCUT2D eigenvalue weighted by Gasteiger charge is 2.33. The molecule has 0 atom stereocenters. The minimum atomic E-state index is 0.0768. The van der Waals surface area contributed by atoms with Gasteiger partial charge in [0, 0.05) is 21.7 Å². The van der Waals surface area contributed by atoms with Crippen LogP contribution >= 0.6 is 11.8 Å². The summed E-state index contributed by atoms with van der Waals surface area (Å²) in [6.45, 7) is 10.6. The number of allylic oxidation sites excluding steroid dienone is 2. The van der Waals surface area contributed by atoms with E-state index in [2.05, 4.69) is 36.7 Å². The van der Waals surface area contributed by atoms with Gasteiger partial charge in [-0.05, 0) is 40.7 Å². The van der Waals surface area contributed by atoms with Gasteiger partial charge in [0.25, 0.3) is 0 Å². The Labute approximate surface area is 107 Å². The number of amidine groups is 1. The highest BCUT2D eigenvalue weighted by molar-refractivity contribution is 8.15. The summed E-state index contributed by atoms with van der Waals surface area (Å²) < 4.78 is 0.0768. The van der Waals surface area contributed by atoms with Gasteiger partial charge in [0.1, 0.15) is 0 Å². The maximum atomic E-state index is 11.5. The Morgan fingerprint density at radius 3 is 2.71 bits per heavy atom. The normalized spacial score (nSPS) is 23.0. The van der Waals surface area contributed by atoms with Gasteiger partial charge in [-0.15, -0.1) is 0 Å². The molecule has 0 unspecified atom stereocenters. The van der Waals surface area contributed by atoms with Crippen molar-refractivity contribution in [3.8, 4) is 0 Å². The van der Waals surface area contributed by atoms with Gasteiger partial charge in [0.05, 0.1) is 6.54 Å². The fourth-order valence-electron chi connectivity index (χ4n) is 2.18. The second kappa shape index (κ2) is 4.02. The first kappa shape index (κ1) is 12.4. The second-order valence-corrected chi connectivity index (χ2v) is 6.71. The van der Waals surface area contributed by atoms with Crippen LogP contribution in [0.25, 0.3) is 0 Å². The first-order valence-electron chi connectivity index (χ1n) is 5.75. The molecule has 0 aromatic heterocycles. The molecule has 0 spiro atoms. The average molecular weight is 250 g/mol. The Morgan fingerprint density at radius 2 is 2.12 bits per heavy atom. The molecule has 2 heterocycles. The van der Waals surface area contributed by atoms with E-state index in [1.54, 1.807) is 18.7 Å². The Hall–Kier alpha value is -1.03. The van der Waals surface area contributed by atoms with Crippen molar-refractivity contribution < 1.29 is 4.79 Å². The van der Waals surface area contributed by atoms with Gasteiger partial charge in [-0.1, -0.05) is 11.8 Å². The van der Waals surface area contributed by atoms with Gasteiger partial charge in [0.2, 0.25) is 0 Å². The van der Waals surface area contributed by atoms with Gasteiger partial charge < -0.3 is 4.90 Å². The first-order valence-corrected chi connectivity index (χ1v) is 6.57. The summed E-state index contributed by atoms with van der Waals surface area (Å²) in [6.07, 6.45) is 2.23. The fraction of sp³-hybridized carbons (Fsp3) is 0.538. The number of rotatable bonds is 1. The maximum Gasteiger partial charge on any atom is 0.169 e. The third-order valence-corrected chi connectivity index (χ3v) is 4.15. The molecule has 4 heteroatoms. The zero-order chi connectivity index (χ0) is 12.8. The quantitative estimate of drug-likeness (QED) is 0.717. The van der Waals surface area contributed by atoms with E-state index in [9.17, 15) is 4.79 Å². The molecule has 0 aliphatic carbocycles. The van der Waals surface area contributed by atoms with E-state index in [0.29, 0.717) is 6.54 Å². The lowest BCUT2D eigenvalue weighted by molar-refractivity contribution is -0.113. The van der Waals surface area contributed by atoms with E-state index in [0.717, 1.165) is 16.4 Å². The number of hydrogen-bond acceptors (Lipinski definition) is 4. The van der Waals surface area contributed by atoms with Crippen LogP contribution in [0.2, 0.25) is 0 Å². The molecule has 2 rings (SSSR count). The summed E-state index contributed by atoms with van der Waals surface area (Å²) in [4.78, 5) is 18.2. The maximum absolute atomic E-state index is 11.5. The monoisotopic (exact) mass is 250 g/mol. The third-order valence-electron chi connectivity index (χ3n) is 3.01. The van der Waals surface area contributed by atoms with Crippen molar-refractivity contribution in [3.63, 3.8) is 0 Å². The van der Waals surface area contributed by atoms with Crippen LogP contribution in [-0.4, -0.2) is 27.1 Å². The summed E-state index contributed by atoms with van der Waals surface area (Å²) in [5.41, 5.74) is 2.86. The van der Waals surface area contributed by atoms with Crippen LogP contribution in [0.4, 0.5) is 0 Å². The van der Waals surface area contributed by atoms with Crippen molar-refractivity contribution in [3.05, 3.63) is 23.0 Å². The van der Waals surface area contributed by atoms with Gasteiger partial charge >= 0.3 is 0 Å². The molecule has 0 N–H and O–H groups in total. The fourth-order valence-corrected chi connectivity index (χ4v) is 3.38. The summed E-state index contributed by atoms with van der Waals surface area (Å²) in [7, 11) is 0.